The SMILES string of the molecule is COc1ccc(S(=O)(=O)Nc2ccccc2OC(F)F)cc1OC. The molecule has 2 rings (SSSR count). The van der Waals surface area contributed by atoms with Crippen molar-refractivity contribution in [1.29, 1.82) is 0 Å². The molecule has 0 unspecified atom stereocenters. The number of halogens is 2. The predicted octanol–water partition coefficient (Wildman–Crippen LogP) is 3.11. The third-order valence-electron chi connectivity index (χ3n) is 3.01. The molecule has 0 saturated heterocycles. The summed E-state index contributed by atoms with van der Waals surface area (Å²) in [4.78, 5) is -0.119. The first kappa shape index (κ1) is 17.8. The molecule has 0 spiro atoms. The fourth-order valence-corrected chi connectivity index (χ4v) is 3.02. The maximum absolute atomic E-state index is 12.5. The van der Waals surface area contributed by atoms with Crippen molar-refractivity contribution < 1.29 is 31.4 Å². The molecule has 0 aromatic heterocycles. The van der Waals surface area contributed by atoms with Crippen molar-refractivity contribution >= 4 is 15.7 Å². The number of para-hydroxylation sites is 2. The molecule has 0 aliphatic heterocycles. The Kier molecular flexibility index (Phi) is 5.45. The van der Waals surface area contributed by atoms with E-state index in [2.05, 4.69) is 9.46 Å². The average Bonchev–Trinajstić information content (AvgIpc) is 2.55. The highest BCUT2D eigenvalue weighted by atomic mass is 32.2. The Morgan fingerprint density at radius 2 is 1.62 bits per heavy atom. The van der Waals surface area contributed by atoms with Crippen LogP contribution < -0.4 is 18.9 Å². The van der Waals surface area contributed by atoms with Crippen LogP contribution in [0.2, 0.25) is 0 Å². The number of hydrogen-bond donors (Lipinski definition) is 1. The van der Waals surface area contributed by atoms with Crippen LogP contribution in [-0.2, 0) is 10.0 Å². The highest BCUT2D eigenvalue weighted by molar-refractivity contribution is 7.92. The number of rotatable bonds is 7. The second-order valence-electron chi connectivity index (χ2n) is 4.50. The minimum atomic E-state index is -4.04. The molecule has 0 amide bonds. The smallest absolute Gasteiger partial charge is 0.387 e. The van der Waals surface area contributed by atoms with Crippen molar-refractivity contribution in [3.63, 3.8) is 0 Å². The predicted molar refractivity (Wildman–Crippen MR) is 83.4 cm³/mol. The quantitative estimate of drug-likeness (QED) is 0.822. The first-order valence-corrected chi connectivity index (χ1v) is 8.14. The van der Waals surface area contributed by atoms with Gasteiger partial charge in [-0.1, -0.05) is 12.1 Å². The summed E-state index contributed by atoms with van der Waals surface area (Å²) in [6, 6.07) is 9.48. The second kappa shape index (κ2) is 7.35. The molecule has 0 heterocycles. The van der Waals surface area contributed by atoms with E-state index in [1.54, 1.807) is 0 Å². The van der Waals surface area contributed by atoms with Crippen molar-refractivity contribution in [2.45, 2.75) is 11.5 Å². The van der Waals surface area contributed by atoms with Crippen LogP contribution >= 0.6 is 0 Å². The van der Waals surface area contributed by atoms with Crippen LogP contribution in [-0.4, -0.2) is 29.2 Å². The summed E-state index contributed by atoms with van der Waals surface area (Å²) in [5.74, 6) is 0.298. The van der Waals surface area contributed by atoms with Gasteiger partial charge in [0.1, 0.15) is 5.75 Å². The summed E-state index contributed by atoms with van der Waals surface area (Å²) in [6.07, 6.45) is 0. The summed E-state index contributed by atoms with van der Waals surface area (Å²) in [6.45, 7) is -3.07. The molecule has 0 saturated carbocycles. The molecular formula is C15H15F2NO5S. The lowest BCUT2D eigenvalue weighted by Crippen LogP contribution is -2.15. The van der Waals surface area contributed by atoms with Crippen LogP contribution in [0.3, 0.4) is 0 Å². The van der Waals surface area contributed by atoms with E-state index in [1.165, 1.54) is 56.7 Å². The molecule has 0 radical (unpaired) electrons. The monoisotopic (exact) mass is 359 g/mol. The average molecular weight is 359 g/mol. The van der Waals surface area contributed by atoms with Gasteiger partial charge in [-0.15, -0.1) is 0 Å². The van der Waals surface area contributed by atoms with Gasteiger partial charge in [0, 0.05) is 6.07 Å². The number of methoxy groups -OCH3 is 2. The minimum Gasteiger partial charge on any atom is -0.493 e. The highest BCUT2D eigenvalue weighted by Crippen LogP contribution is 2.32. The van der Waals surface area contributed by atoms with E-state index < -0.39 is 16.6 Å². The Hall–Kier alpha value is -2.55. The highest BCUT2D eigenvalue weighted by Gasteiger charge is 2.19. The number of hydrogen-bond acceptors (Lipinski definition) is 5. The molecule has 2 aromatic rings. The van der Waals surface area contributed by atoms with Gasteiger partial charge in [0.25, 0.3) is 10.0 Å². The molecule has 0 aliphatic carbocycles. The van der Waals surface area contributed by atoms with Crippen LogP contribution in [0.5, 0.6) is 17.2 Å². The third kappa shape index (κ3) is 4.05. The number of anilines is 1. The standard InChI is InChI=1S/C15H15F2NO5S/c1-21-13-8-7-10(9-14(13)22-2)24(19,20)18-11-5-3-4-6-12(11)23-15(16)17/h3-9,15,18H,1-2H3. The van der Waals surface area contributed by atoms with Gasteiger partial charge in [0.05, 0.1) is 24.8 Å². The summed E-state index contributed by atoms with van der Waals surface area (Å²) in [5, 5.41) is 0. The lowest BCUT2D eigenvalue weighted by atomic mass is 10.3. The fraction of sp³-hybridized carbons (Fsp3) is 0.200. The van der Waals surface area contributed by atoms with Gasteiger partial charge in [-0.25, -0.2) is 8.42 Å². The topological polar surface area (TPSA) is 73.9 Å². The zero-order valence-corrected chi connectivity index (χ0v) is 13.6. The fourth-order valence-electron chi connectivity index (χ4n) is 1.94. The van der Waals surface area contributed by atoms with Crippen molar-refractivity contribution in [3.8, 4) is 17.2 Å². The van der Waals surface area contributed by atoms with Gasteiger partial charge >= 0.3 is 6.61 Å². The molecule has 9 heteroatoms. The van der Waals surface area contributed by atoms with Gasteiger partial charge in [0.2, 0.25) is 0 Å². The molecule has 0 fully saturated rings. The maximum atomic E-state index is 12.5. The molecule has 2 aromatic carbocycles. The number of benzene rings is 2. The van der Waals surface area contributed by atoms with E-state index in [4.69, 9.17) is 9.47 Å². The van der Waals surface area contributed by atoms with Crippen LogP contribution in [0.25, 0.3) is 0 Å². The van der Waals surface area contributed by atoms with E-state index in [1.807, 2.05) is 0 Å². The van der Waals surface area contributed by atoms with Gasteiger partial charge in [-0.05, 0) is 24.3 Å². The van der Waals surface area contributed by atoms with E-state index in [9.17, 15) is 17.2 Å². The molecule has 0 atom stereocenters. The first-order valence-electron chi connectivity index (χ1n) is 6.66. The Bertz CT molecular complexity index is 811. The molecule has 24 heavy (non-hydrogen) atoms. The molecule has 0 bridgehead atoms. The van der Waals surface area contributed by atoms with Gasteiger partial charge in [-0.2, -0.15) is 8.78 Å². The maximum Gasteiger partial charge on any atom is 0.387 e. The van der Waals surface area contributed by atoms with Gasteiger partial charge in [0.15, 0.2) is 11.5 Å². The van der Waals surface area contributed by atoms with E-state index in [0.717, 1.165) is 0 Å². The minimum absolute atomic E-state index is 0.104. The largest absolute Gasteiger partial charge is 0.493 e. The zero-order chi connectivity index (χ0) is 17.7. The van der Waals surface area contributed by atoms with E-state index in [-0.39, 0.29) is 22.1 Å². The van der Waals surface area contributed by atoms with Crippen molar-refractivity contribution in [2.24, 2.45) is 0 Å². The molecular weight excluding hydrogens is 344 g/mol. The zero-order valence-electron chi connectivity index (χ0n) is 12.8. The van der Waals surface area contributed by atoms with Crippen LogP contribution in [0.4, 0.5) is 14.5 Å². The normalized spacial score (nSPS) is 11.2. The van der Waals surface area contributed by atoms with E-state index in [0.29, 0.717) is 5.75 Å². The number of alkyl halides is 2. The third-order valence-corrected chi connectivity index (χ3v) is 4.38. The summed E-state index contributed by atoms with van der Waals surface area (Å²) in [5.41, 5.74) is -0.104. The lowest BCUT2D eigenvalue weighted by molar-refractivity contribution is -0.0493. The van der Waals surface area contributed by atoms with Gasteiger partial charge in [-0.3, -0.25) is 4.72 Å². The Balaban J connectivity index is 2.36. The Morgan fingerprint density at radius 1 is 0.958 bits per heavy atom. The summed E-state index contributed by atoms with van der Waals surface area (Å²) >= 11 is 0. The molecule has 0 aliphatic rings. The summed E-state index contributed by atoms with van der Waals surface area (Å²) in [7, 11) is -1.25. The molecule has 130 valence electrons. The van der Waals surface area contributed by atoms with Crippen molar-refractivity contribution in [2.75, 3.05) is 18.9 Å². The van der Waals surface area contributed by atoms with Crippen molar-refractivity contribution in [3.05, 3.63) is 42.5 Å². The number of nitrogens with one attached hydrogen (secondary N) is 1. The first-order chi connectivity index (χ1) is 11.4. The molecule has 6 nitrogen and oxygen atoms in total. The van der Waals surface area contributed by atoms with Gasteiger partial charge < -0.3 is 14.2 Å². The Labute approximate surface area is 138 Å². The van der Waals surface area contributed by atoms with Crippen molar-refractivity contribution in [1.82, 2.24) is 0 Å². The van der Waals surface area contributed by atoms with Crippen LogP contribution in [0.15, 0.2) is 47.4 Å². The number of ether oxygens (including phenoxy) is 3. The lowest BCUT2D eigenvalue weighted by Gasteiger charge is -2.14. The van der Waals surface area contributed by atoms with Crippen LogP contribution in [0, 0.1) is 0 Å². The van der Waals surface area contributed by atoms with Crippen LogP contribution in [0.1, 0.15) is 0 Å². The Morgan fingerprint density at radius 3 is 2.25 bits per heavy atom. The number of sulfonamides is 1. The van der Waals surface area contributed by atoms with E-state index >= 15 is 0 Å². The molecule has 1 N–H and O–H groups in total. The summed E-state index contributed by atoms with van der Waals surface area (Å²) < 4.78 is 66.3. The second-order valence-corrected chi connectivity index (χ2v) is 6.18.